The Balaban J connectivity index is 3.00. The smallest absolute Gasteiger partial charge is 0.250 e. The van der Waals surface area contributed by atoms with Crippen LogP contribution in [0.15, 0.2) is 11.6 Å². The van der Waals surface area contributed by atoms with Crippen LogP contribution in [0.5, 0.6) is 0 Å². The monoisotopic (exact) mass is 150 g/mol. The first kappa shape index (κ1) is 7.48. The summed E-state index contributed by atoms with van der Waals surface area (Å²) in [5.41, 5.74) is 0.501. The molecule has 1 aliphatic heterocycles. The number of nitriles is 1. The van der Waals surface area contributed by atoms with E-state index in [1.807, 2.05) is 5.32 Å². The molecule has 0 aromatic heterocycles. The standard InChI is InChI=1S/C7H6N2O2/c1-4-2-6(10)9-7(11)5(4)3-8/h2,5H,1H3,(H,9,10,11). The Morgan fingerprint density at radius 2 is 2.27 bits per heavy atom. The van der Waals surface area contributed by atoms with Gasteiger partial charge in [-0.2, -0.15) is 5.26 Å². The first-order valence-corrected chi connectivity index (χ1v) is 3.08. The van der Waals surface area contributed by atoms with Gasteiger partial charge in [0.05, 0.1) is 6.07 Å². The normalized spacial score (nSPS) is 23.6. The minimum absolute atomic E-state index is 0.445. The zero-order valence-electron chi connectivity index (χ0n) is 5.92. The van der Waals surface area contributed by atoms with E-state index >= 15 is 0 Å². The third kappa shape index (κ3) is 1.27. The lowest BCUT2D eigenvalue weighted by molar-refractivity contribution is -0.129. The summed E-state index contributed by atoms with van der Waals surface area (Å²) < 4.78 is 0. The molecule has 0 aromatic rings. The quantitative estimate of drug-likeness (QED) is 0.483. The highest BCUT2D eigenvalue weighted by Crippen LogP contribution is 2.12. The lowest BCUT2D eigenvalue weighted by atomic mass is 9.98. The minimum atomic E-state index is -0.798. The van der Waals surface area contributed by atoms with E-state index in [0.29, 0.717) is 5.57 Å². The molecule has 1 rings (SSSR count). The topological polar surface area (TPSA) is 70.0 Å². The molecule has 1 heterocycles. The molecular formula is C7H6N2O2. The molecule has 0 bridgehead atoms. The molecule has 11 heavy (non-hydrogen) atoms. The predicted molar refractivity (Wildman–Crippen MR) is 36.0 cm³/mol. The summed E-state index contributed by atoms with van der Waals surface area (Å²) in [5.74, 6) is -1.77. The van der Waals surface area contributed by atoms with Crippen molar-refractivity contribution in [2.45, 2.75) is 6.92 Å². The van der Waals surface area contributed by atoms with Crippen molar-refractivity contribution in [2.24, 2.45) is 5.92 Å². The number of hydrogen-bond acceptors (Lipinski definition) is 3. The Labute approximate surface area is 63.5 Å². The van der Waals surface area contributed by atoms with E-state index in [0.717, 1.165) is 0 Å². The van der Waals surface area contributed by atoms with Gasteiger partial charge in [0.2, 0.25) is 5.91 Å². The Bertz CT molecular complexity index is 285. The van der Waals surface area contributed by atoms with Gasteiger partial charge < -0.3 is 0 Å². The fourth-order valence-corrected chi connectivity index (χ4v) is 0.887. The summed E-state index contributed by atoms with van der Waals surface area (Å²) in [4.78, 5) is 21.5. The number of nitrogens with zero attached hydrogens (tertiary/aromatic N) is 1. The van der Waals surface area contributed by atoms with E-state index in [4.69, 9.17) is 5.26 Å². The summed E-state index contributed by atoms with van der Waals surface area (Å²) >= 11 is 0. The molecule has 0 aromatic carbocycles. The van der Waals surface area contributed by atoms with Crippen molar-refractivity contribution >= 4 is 11.8 Å². The molecule has 1 atom stereocenters. The first-order chi connectivity index (χ1) is 5.15. The molecule has 4 heteroatoms. The van der Waals surface area contributed by atoms with Crippen molar-refractivity contribution in [3.05, 3.63) is 11.6 Å². The van der Waals surface area contributed by atoms with Crippen molar-refractivity contribution in [3.63, 3.8) is 0 Å². The van der Waals surface area contributed by atoms with Crippen molar-refractivity contribution in [1.82, 2.24) is 5.32 Å². The molecule has 0 fully saturated rings. The van der Waals surface area contributed by atoms with Gasteiger partial charge in [-0.05, 0) is 12.5 Å². The molecule has 2 amide bonds. The molecule has 0 aliphatic carbocycles. The second-order valence-electron chi connectivity index (χ2n) is 2.30. The van der Waals surface area contributed by atoms with Crippen molar-refractivity contribution in [1.29, 1.82) is 5.26 Å². The van der Waals surface area contributed by atoms with Gasteiger partial charge >= 0.3 is 0 Å². The third-order valence-corrected chi connectivity index (χ3v) is 1.45. The van der Waals surface area contributed by atoms with Crippen molar-refractivity contribution in [2.75, 3.05) is 0 Å². The number of carbonyl (C=O) groups excluding carboxylic acids is 2. The number of amides is 2. The Hall–Kier alpha value is -1.63. The van der Waals surface area contributed by atoms with Gasteiger partial charge in [-0.3, -0.25) is 14.9 Å². The highest BCUT2D eigenvalue weighted by atomic mass is 16.2. The third-order valence-electron chi connectivity index (χ3n) is 1.45. The van der Waals surface area contributed by atoms with Crippen LogP contribution in [-0.4, -0.2) is 11.8 Å². The van der Waals surface area contributed by atoms with Gasteiger partial charge in [-0.25, -0.2) is 0 Å². The molecule has 0 saturated heterocycles. The average Bonchev–Trinajstić information content (AvgIpc) is 1.85. The lowest BCUT2D eigenvalue weighted by Gasteiger charge is -2.13. The molecule has 56 valence electrons. The number of carbonyl (C=O) groups is 2. The highest BCUT2D eigenvalue weighted by Gasteiger charge is 2.25. The van der Waals surface area contributed by atoms with Crippen LogP contribution in [0.4, 0.5) is 0 Å². The molecule has 1 unspecified atom stereocenters. The van der Waals surface area contributed by atoms with Crippen LogP contribution >= 0.6 is 0 Å². The van der Waals surface area contributed by atoms with Gasteiger partial charge in [0.15, 0.2) is 0 Å². The van der Waals surface area contributed by atoms with E-state index in [2.05, 4.69) is 0 Å². The van der Waals surface area contributed by atoms with Crippen LogP contribution in [0.1, 0.15) is 6.92 Å². The summed E-state index contributed by atoms with van der Waals surface area (Å²) in [6.07, 6.45) is 1.26. The minimum Gasteiger partial charge on any atom is -0.291 e. The van der Waals surface area contributed by atoms with Crippen molar-refractivity contribution < 1.29 is 9.59 Å². The van der Waals surface area contributed by atoms with E-state index in [9.17, 15) is 9.59 Å². The lowest BCUT2D eigenvalue weighted by Crippen LogP contribution is -2.38. The fourth-order valence-electron chi connectivity index (χ4n) is 0.887. The van der Waals surface area contributed by atoms with Gasteiger partial charge in [-0.15, -0.1) is 0 Å². The SMILES string of the molecule is CC1=CC(=O)NC(=O)C1C#N. The Morgan fingerprint density at radius 1 is 1.64 bits per heavy atom. The molecule has 0 spiro atoms. The van der Waals surface area contributed by atoms with E-state index < -0.39 is 17.7 Å². The summed E-state index contributed by atoms with van der Waals surface area (Å²) in [6, 6.07) is 1.79. The average molecular weight is 150 g/mol. The summed E-state index contributed by atoms with van der Waals surface area (Å²) in [5, 5.41) is 10.5. The molecule has 0 radical (unpaired) electrons. The number of nitrogens with one attached hydrogen (secondary N) is 1. The van der Waals surface area contributed by atoms with E-state index in [-0.39, 0.29) is 0 Å². The zero-order valence-corrected chi connectivity index (χ0v) is 5.92. The van der Waals surface area contributed by atoms with Crippen LogP contribution in [0.3, 0.4) is 0 Å². The zero-order chi connectivity index (χ0) is 8.43. The van der Waals surface area contributed by atoms with Crippen LogP contribution in [0, 0.1) is 17.2 Å². The van der Waals surface area contributed by atoms with E-state index in [1.165, 1.54) is 6.08 Å². The highest BCUT2D eigenvalue weighted by molar-refractivity contribution is 6.06. The molecule has 4 nitrogen and oxygen atoms in total. The molecule has 0 saturated carbocycles. The number of rotatable bonds is 0. The van der Waals surface area contributed by atoms with E-state index in [1.54, 1.807) is 13.0 Å². The number of imide groups is 1. The van der Waals surface area contributed by atoms with Crippen molar-refractivity contribution in [3.8, 4) is 6.07 Å². The molecule has 1 N–H and O–H groups in total. The second-order valence-corrected chi connectivity index (χ2v) is 2.30. The van der Waals surface area contributed by atoms with Crippen LogP contribution < -0.4 is 5.32 Å². The van der Waals surface area contributed by atoms with Crippen LogP contribution in [0.25, 0.3) is 0 Å². The van der Waals surface area contributed by atoms with Gasteiger partial charge in [-0.1, -0.05) is 0 Å². The summed E-state index contributed by atoms with van der Waals surface area (Å²) in [7, 11) is 0. The van der Waals surface area contributed by atoms with Crippen LogP contribution in [-0.2, 0) is 9.59 Å². The second kappa shape index (κ2) is 2.54. The summed E-state index contributed by atoms with van der Waals surface area (Å²) in [6.45, 7) is 1.59. The first-order valence-electron chi connectivity index (χ1n) is 3.08. The van der Waals surface area contributed by atoms with Crippen LogP contribution in [0.2, 0.25) is 0 Å². The maximum Gasteiger partial charge on any atom is 0.250 e. The maximum absolute atomic E-state index is 10.9. The van der Waals surface area contributed by atoms with Gasteiger partial charge in [0, 0.05) is 6.08 Å². The maximum atomic E-state index is 10.9. The largest absolute Gasteiger partial charge is 0.291 e. The predicted octanol–water partition coefficient (Wildman–Crippen LogP) is -0.271. The van der Waals surface area contributed by atoms with Gasteiger partial charge in [0.1, 0.15) is 5.92 Å². The van der Waals surface area contributed by atoms with Gasteiger partial charge in [0.25, 0.3) is 5.91 Å². The molecule has 1 aliphatic rings. The fraction of sp³-hybridized carbons (Fsp3) is 0.286. The molecular weight excluding hydrogens is 144 g/mol. The Kier molecular flexibility index (Phi) is 1.73. The Morgan fingerprint density at radius 3 is 2.73 bits per heavy atom. The number of hydrogen-bond donors (Lipinski definition) is 1.